The van der Waals surface area contributed by atoms with E-state index in [0.717, 1.165) is 12.2 Å². The molecule has 1 amide bonds. The van der Waals surface area contributed by atoms with Crippen LogP contribution in [0.1, 0.15) is 16.2 Å². The van der Waals surface area contributed by atoms with Gasteiger partial charge in [0.25, 0.3) is 0 Å². The lowest BCUT2D eigenvalue weighted by Crippen LogP contribution is -2.48. The monoisotopic (exact) mass is 249 g/mol. The summed E-state index contributed by atoms with van der Waals surface area (Å²) < 4.78 is 4.61. The maximum Gasteiger partial charge on any atom is 0.356 e. The summed E-state index contributed by atoms with van der Waals surface area (Å²) in [5.74, 6) is -0.465. The van der Waals surface area contributed by atoms with Gasteiger partial charge in [0.2, 0.25) is 5.91 Å². The Hall–Kier alpha value is -1.95. The minimum Gasteiger partial charge on any atom is -0.464 e. The molecule has 1 aliphatic heterocycles. The number of ether oxygens (including phenoxy) is 1. The Morgan fingerprint density at radius 3 is 2.89 bits per heavy atom. The van der Waals surface area contributed by atoms with E-state index >= 15 is 0 Å². The lowest BCUT2D eigenvalue weighted by Gasteiger charge is -2.28. The molecule has 1 aliphatic rings. The van der Waals surface area contributed by atoms with Crippen LogP contribution < -0.4 is 10.2 Å². The van der Waals surface area contributed by atoms with E-state index in [1.54, 1.807) is 24.0 Å². The first-order chi connectivity index (χ1) is 8.63. The molecule has 0 aliphatic carbocycles. The standard InChI is InChI=1S/C12H15N3O3/c1-8-10(15-6-5-13-7-11(15)16)4-3-9(14-8)12(17)18-2/h3-4,13H,5-7H2,1-2H3. The van der Waals surface area contributed by atoms with E-state index in [1.165, 1.54) is 7.11 Å². The van der Waals surface area contributed by atoms with E-state index in [4.69, 9.17) is 0 Å². The van der Waals surface area contributed by atoms with E-state index in [0.29, 0.717) is 18.8 Å². The number of rotatable bonds is 2. The number of anilines is 1. The molecule has 1 fully saturated rings. The van der Waals surface area contributed by atoms with Crippen molar-refractivity contribution in [1.82, 2.24) is 10.3 Å². The summed E-state index contributed by atoms with van der Waals surface area (Å²) in [6, 6.07) is 3.31. The molecule has 2 heterocycles. The van der Waals surface area contributed by atoms with Gasteiger partial charge in [0.15, 0.2) is 0 Å². The Labute approximate surface area is 105 Å². The fraction of sp³-hybridized carbons (Fsp3) is 0.417. The Balaban J connectivity index is 2.29. The number of methoxy groups -OCH3 is 1. The van der Waals surface area contributed by atoms with Crippen LogP contribution >= 0.6 is 0 Å². The molecule has 96 valence electrons. The highest BCUT2D eigenvalue weighted by Crippen LogP contribution is 2.19. The zero-order valence-corrected chi connectivity index (χ0v) is 10.4. The zero-order valence-electron chi connectivity index (χ0n) is 10.4. The molecule has 0 atom stereocenters. The second-order valence-corrected chi connectivity index (χ2v) is 4.01. The maximum atomic E-state index is 11.8. The molecule has 6 heteroatoms. The first-order valence-electron chi connectivity index (χ1n) is 5.70. The number of hydrogen-bond donors (Lipinski definition) is 1. The van der Waals surface area contributed by atoms with Crippen molar-refractivity contribution in [3.8, 4) is 0 Å². The Bertz CT molecular complexity index is 487. The predicted molar refractivity (Wildman–Crippen MR) is 65.5 cm³/mol. The van der Waals surface area contributed by atoms with Crippen molar-refractivity contribution in [3.05, 3.63) is 23.5 Å². The average molecular weight is 249 g/mol. The number of piperazine rings is 1. The van der Waals surface area contributed by atoms with Gasteiger partial charge in [0.05, 0.1) is 25.0 Å². The summed E-state index contributed by atoms with van der Waals surface area (Å²) in [4.78, 5) is 29.0. The number of pyridine rings is 1. The number of aryl methyl sites for hydroxylation is 1. The smallest absolute Gasteiger partial charge is 0.356 e. The van der Waals surface area contributed by atoms with Crippen LogP contribution in [0, 0.1) is 6.92 Å². The molecule has 1 aromatic heterocycles. The van der Waals surface area contributed by atoms with Gasteiger partial charge >= 0.3 is 5.97 Å². The van der Waals surface area contributed by atoms with Crippen molar-refractivity contribution in [2.24, 2.45) is 0 Å². The Kier molecular flexibility index (Phi) is 3.57. The van der Waals surface area contributed by atoms with Gasteiger partial charge in [0.1, 0.15) is 5.69 Å². The summed E-state index contributed by atoms with van der Waals surface area (Å²) in [6.07, 6.45) is 0. The molecule has 2 rings (SSSR count). The van der Waals surface area contributed by atoms with Crippen LogP contribution in [0.4, 0.5) is 5.69 Å². The van der Waals surface area contributed by atoms with Crippen molar-refractivity contribution in [2.75, 3.05) is 31.6 Å². The Morgan fingerprint density at radius 2 is 2.28 bits per heavy atom. The second-order valence-electron chi connectivity index (χ2n) is 4.01. The number of esters is 1. The molecule has 18 heavy (non-hydrogen) atoms. The van der Waals surface area contributed by atoms with Crippen molar-refractivity contribution in [3.63, 3.8) is 0 Å². The fourth-order valence-electron chi connectivity index (χ4n) is 1.92. The van der Waals surface area contributed by atoms with Crippen LogP contribution in [0.3, 0.4) is 0 Å². The SMILES string of the molecule is COC(=O)c1ccc(N2CCNCC2=O)c(C)n1. The van der Waals surface area contributed by atoms with Gasteiger partial charge in [-0.25, -0.2) is 9.78 Å². The molecule has 0 saturated carbocycles. The zero-order chi connectivity index (χ0) is 13.1. The van der Waals surface area contributed by atoms with Crippen molar-refractivity contribution < 1.29 is 14.3 Å². The normalized spacial score (nSPS) is 15.7. The minimum absolute atomic E-state index is 0.0111. The van der Waals surface area contributed by atoms with Gasteiger partial charge < -0.3 is 15.0 Å². The van der Waals surface area contributed by atoms with Crippen LogP contribution in [0.25, 0.3) is 0 Å². The maximum absolute atomic E-state index is 11.8. The number of amides is 1. The summed E-state index contributed by atoms with van der Waals surface area (Å²) in [7, 11) is 1.31. The van der Waals surface area contributed by atoms with Crippen LogP contribution in [0.2, 0.25) is 0 Å². The van der Waals surface area contributed by atoms with Gasteiger partial charge in [-0.2, -0.15) is 0 Å². The third-order valence-electron chi connectivity index (χ3n) is 2.83. The van der Waals surface area contributed by atoms with Gasteiger partial charge in [-0.05, 0) is 19.1 Å². The molecule has 1 saturated heterocycles. The van der Waals surface area contributed by atoms with Crippen molar-refractivity contribution >= 4 is 17.6 Å². The molecule has 0 radical (unpaired) electrons. The van der Waals surface area contributed by atoms with E-state index in [-0.39, 0.29) is 11.6 Å². The van der Waals surface area contributed by atoms with E-state index < -0.39 is 5.97 Å². The second kappa shape index (κ2) is 5.14. The summed E-state index contributed by atoms with van der Waals surface area (Å²) >= 11 is 0. The summed E-state index contributed by atoms with van der Waals surface area (Å²) in [6.45, 7) is 3.47. The van der Waals surface area contributed by atoms with Gasteiger partial charge in [-0.1, -0.05) is 0 Å². The molecular formula is C12H15N3O3. The first kappa shape index (κ1) is 12.5. The van der Waals surface area contributed by atoms with Crippen LogP contribution in [0.5, 0.6) is 0 Å². The van der Waals surface area contributed by atoms with Gasteiger partial charge in [0, 0.05) is 13.1 Å². The fourth-order valence-corrected chi connectivity index (χ4v) is 1.92. The van der Waals surface area contributed by atoms with Crippen molar-refractivity contribution in [2.45, 2.75) is 6.92 Å². The van der Waals surface area contributed by atoms with Gasteiger partial charge in [-0.15, -0.1) is 0 Å². The molecule has 1 aromatic rings. The lowest BCUT2D eigenvalue weighted by molar-refractivity contribution is -0.118. The number of nitrogens with zero attached hydrogens (tertiary/aromatic N) is 2. The first-order valence-corrected chi connectivity index (χ1v) is 5.70. The number of carbonyl (C=O) groups excluding carboxylic acids is 2. The lowest BCUT2D eigenvalue weighted by atomic mass is 10.2. The highest BCUT2D eigenvalue weighted by molar-refractivity contribution is 5.96. The molecule has 0 spiro atoms. The molecular weight excluding hydrogens is 234 g/mol. The molecule has 0 aromatic carbocycles. The topological polar surface area (TPSA) is 71.5 Å². The number of hydrogen-bond acceptors (Lipinski definition) is 5. The number of carbonyl (C=O) groups is 2. The highest BCUT2D eigenvalue weighted by Gasteiger charge is 2.22. The van der Waals surface area contributed by atoms with E-state index in [1.807, 2.05) is 0 Å². The minimum atomic E-state index is -0.476. The molecule has 0 bridgehead atoms. The molecule has 1 N–H and O–H groups in total. The predicted octanol–water partition coefficient (Wildman–Crippen LogP) is 0.113. The van der Waals surface area contributed by atoms with Crippen molar-refractivity contribution in [1.29, 1.82) is 0 Å². The molecule has 6 nitrogen and oxygen atoms in total. The van der Waals surface area contributed by atoms with Crippen LogP contribution in [-0.4, -0.2) is 43.6 Å². The van der Waals surface area contributed by atoms with Crippen LogP contribution in [0.15, 0.2) is 12.1 Å². The number of nitrogens with one attached hydrogen (secondary N) is 1. The Morgan fingerprint density at radius 1 is 1.50 bits per heavy atom. The average Bonchev–Trinajstić information content (AvgIpc) is 2.39. The third-order valence-corrected chi connectivity index (χ3v) is 2.83. The number of aromatic nitrogens is 1. The quantitative estimate of drug-likeness (QED) is 0.753. The van der Waals surface area contributed by atoms with Gasteiger partial charge in [-0.3, -0.25) is 4.79 Å². The summed E-state index contributed by atoms with van der Waals surface area (Å²) in [5, 5.41) is 3.01. The van der Waals surface area contributed by atoms with Crippen LogP contribution in [-0.2, 0) is 9.53 Å². The largest absolute Gasteiger partial charge is 0.464 e. The highest BCUT2D eigenvalue weighted by atomic mass is 16.5. The third kappa shape index (κ3) is 2.33. The summed E-state index contributed by atoms with van der Waals surface area (Å²) in [5.41, 5.74) is 1.64. The van der Waals surface area contributed by atoms with E-state index in [9.17, 15) is 9.59 Å². The molecule has 0 unspecified atom stereocenters. The van der Waals surface area contributed by atoms with E-state index in [2.05, 4.69) is 15.0 Å².